The van der Waals surface area contributed by atoms with Gasteiger partial charge in [-0.2, -0.15) is 0 Å². The molecule has 0 bridgehead atoms. The number of methoxy groups -OCH3 is 1. The largest absolute Gasteiger partial charge is 0.385 e. The van der Waals surface area contributed by atoms with Gasteiger partial charge >= 0.3 is 0 Å². The molecule has 130 valence electrons. The first-order valence-electron chi connectivity index (χ1n) is 9.10. The number of hydrogen-bond donors (Lipinski definition) is 1. The van der Waals surface area contributed by atoms with Crippen LogP contribution >= 0.6 is 0 Å². The van der Waals surface area contributed by atoms with Crippen LogP contribution in [-0.2, 0) is 17.8 Å². The number of piperidine rings is 1. The van der Waals surface area contributed by atoms with Gasteiger partial charge in [0, 0.05) is 32.2 Å². The van der Waals surface area contributed by atoms with Crippen LogP contribution in [0.5, 0.6) is 0 Å². The highest BCUT2D eigenvalue weighted by Crippen LogP contribution is 2.35. The van der Waals surface area contributed by atoms with Crippen LogP contribution in [0.15, 0.2) is 0 Å². The molecular weight excluding hydrogens is 290 g/mol. The molecule has 3 rings (SSSR count). The Balaban J connectivity index is 1.54. The Morgan fingerprint density at radius 3 is 2.57 bits per heavy atom. The first-order valence-corrected chi connectivity index (χ1v) is 9.10. The zero-order valence-electron chi connectivity index (χ0n) is 14.6. The van der Waals surface area contributed by atoms with E-state index in [1.54, 1.807) is 7.11 Å². The third-order valence-electron chi connectivity index (χ3n) is 5.51. The third kappa shape index (κ3) is 3.92. The van der Waals surface area contributed by atoms with Gasteiger partial charge in [0.15, 0.2) is 0 Å². The molecule has 0 unspecified atom stereocenters. The summed E-state index contributed by atoms with van der Waals surface area (Å²) in [6, 6.07) is 0.358. The van der Waals surface area contributed by atoms with Crippen LogP contribution in [-0.4, -0.2) is 52.5 Å². The normalized spacial score (nSPS) is 26.4. The van der Waals surface area contributed by atoms with E-state index >= 15 is 0 Å². The van der Waals surface area contributed by atoms with E-state index in [4.69, 9.17) is 10.5 Å². The van der Waals surface area contributed by atoms with Crippen LogP contribution in [0.1, 0.15) is 56.6 Å². The molecule has 0 radical (unpaired) electrons. The molecule has 0 aromatic carbocycles. The van der Waals surface area contributed by atoms with Gasteiger partial charge in [0.05, 0.1) is 6.54 Å². The summed E-state index contributed by atoms with van der Waals surface area (Å²) in [4.78, 5) is 2.52. The van der Waals surface area contributed by atoms with E-state index in [2.05, 4.69) is 26.6 Å². The lowest BCUT2D eigenvalue weighted by Crippen LogP contribution is -2.36. The topological polar surface area (TPSA) is 69.2 Å². The van der Waals surface area contributed by atoms with Crippen LogP contribution in [0.4, 0.5) is 0 Å². The van der Waals surface area contributed by atoms with Crippen molar-refractivity contribution in [3.05, 3.63) is 11.6 Å². The molecule has 0 spiro atoms. The maximum Gasteiger partial charge on any atom is 0.147 e. The average molecular weight is 321 g/mol. The van der Waals surface area contributed by atoms with Gasteiger partial charge in [-0.05, 0) is 58.0 Å². The average Bonchev–Trinajstić information content (AvgIpc) is 2.93. The van der Waals surface area contributed by atoms with Gasteiger partial charge in [0.2, 0.25) is 0 Å². The summed E-state index contributed by atoms with van der Waals surface area (Å²) in [5.41, 5.74) is 5.93. The van der Waals surface area contributed by atoms with Gasteiger partial charge in [-0.25, -0.2) is 0 Å². The molecule has 1 saturated carbocycles. The molecule has 1 aliphatic carbocycles. The minimum atomic E-state index is 0.358. The summed E-state index contributed by atoms with van der Waals surface area (Å²) >= 11 is 0. The molecule has 6 heteroatoms. The van der Waals surface area contributed by atoms with E-state index in [9.17, 15) is 0 Å². The summed E-state index contributed by atoms with van der Waals surface area (Å²) in [5.74, 6) is 3.62. The van der Waals surface area contributed by atoms with Gasteiger partial charge in [-0.3, -0.25) is 4.90 Å². The van der Waals surface area contributed by atoms with E-state index in [0.29, 0.717) is 12.0 Å². The SMILES string of the molecule is CCn1c(CN2CCC(CCOC)CC2)nnc1C1CC(N)C1. The lowest BCUT2D eigenvalue weighted by molar-refractivity contribution is 0.130. The third-order valence-corrected chi connectivity index (χ3v) is 5.51. The quantitative estimate of drug-likeness (QED) is 0.828. The number of rotatable bonds is 7. The predicted molar refractivity (Wildman–Crippen MR) is 90.1 cm³/mol. The van der Waals surface area contributed by atoms with Crippen molar-refractivity contribution in [2.45, 2.75) is 64.1 Å². The number of hydrogen-bond acceptors (Lipinski definition) is 5. The van der Waals surface area contributed by atoms with Crippen molar-refractivity contribution in [3.63, 3.8) is 0 Å². The highest BCUT2D eigenvalue weighted by molar-refractivity contribution is 5.08. The van der Waals surface area contributed by atoms with E-state index in [0.717, 1.165) is 63.2 Å². The van der Waals surface area contributed by atoms with E-state index in [-0.39, 0.29) is 0 Å². The molecule has 0 amide bonds. The molecule has 6 nitrogen and oxygen atoms in total. The fraction of sp³-hybridized carbons (Fsp3) is 0.882. The molecule has 1 saturated heterocycles. The summed E-state index contributed by atoms with van der Waals surface area (Å²) in [6.45, 7) is 7.28. The fourth-order valence-electron chi connectivity index (χ4n) is 3.90. The maximum atomic E-state index is 5.93. The smallest absolute Gasteiger partial charge is 0.147 e. The second-order valence-electron chi connectivity index (χ2n) is 7.15. The first kappa shape index (κ1) is 16.9. The number of aromatic nitrogens is 3. The molecule has 1 aromatic heterocycles. The van der Waals surface area contributed by atoms with E-state index in [1.165, 1.54) is 19.3 Å². The van der Waals surface area contributed by atoms with Crippen molar-refractivity contribution in [1.29, 1.82) is 0 Å². The monoisotopic (exact) mass is 321 g/mol. The number of nitrogens with zero attached hydrogens (tertiary/aromatic N) is 4. The molecule has 2 N–H and O–H groups in total. The van der Waals surface area contributed by atoms with Gasteiger partial charge < -0.3 is 15.0 Å². The minimum absolute atomic E-state index is 0.358. The maximum absolute atomic E-state index is 5.93. The number of likely N-dealkylation sites (tertiary alicyclic amines) is 1. The van der Waals surface area contributed by atoms with Crippen LogP contribution in [0.25, 0.3) is 0 Å². The Hall–Kier alpha value is -0.980. The summed E-state index contributed by atoms with van der Waals surface area (Å²) < 4.78 is 7.52. The molecule has 2 aliphatic rings. The molecule has 2 heterocycles. The Morgan fingerprint density at radius 2 is 1.96 bits per heavy atom. The van der Waals surface area contributed by atoms with Gasteiger partial charge in [-0.15, -0.1) is 10.2 Å². The van der Waals surface area contributed by atoms with E-state index < -0.39 is 0 Å². The second-order valence-corrected chi connectivity index (χ2v) is 7.15. The summed E-state index contributed by atoms with van der Waals surface area (Å²) in [6.07, 6.45) is 5.86. The number of ether oxygens (including phenoxy) is 1. The Labute approximate surface area is 139 Å². The zero-order valence-corrected chi connectivity index (χ0v) is 14.6. The minimum Gasteiger partial charge on any atom is -0.385 e. The number of nitrogens with two attached hydrogens (primary N) is 1. The van der Waals surface area contributed by atoms with Gasteiger partial charge in [0.25, 0.3) is 0 Å². The van der Waals surface area contributed by atoms with E-state index in [1.807, 2.05) is 0 Å². The molecule has 2 fully saturated rings. The lowest BCUT2D eigenvalue weighted by atomic mass is 9.80. The standard InChI is InChI=1S/C17H31N5O/c1-3-22-16(19-20-17(22)14-10-15(18)11-14)12-21-7-4-13(5-8-21)6-9-23-2/h13-15H,3-12,18H2,1-2H3. The van der Waals surface area contributed by atoms with Crippen molar-refractivity contribution in [2.24, 2.45) is 11.7 Å². The molecule has 0 atom stereocenters. The molecule has 1 aromatic rings. The van der Waals surface area contributed by atoms with Gasteiger partial charge in [0.1, 0.15) is 11.6 Å². The summed E-state index contributed by atoms with van der Waals surface area (Å²) in [7, 11) is 1.79. The van der Waals surface area contributed by atoms with Crippen molar-refractivity contribution in [1.82, 2.24) is 19.7 Å². The lowest BCUT2D eigenvalue weighted by Gasteiger charge is -2.33. The van der Waals surface area contributed by atoms with Crippen molar-refractivity contribution in [2.75, 3.05) is 26.8 Å². The van der Waals surface area contributed by atoms with Crippen LogP contribution in [0, 0.1) is 5.92 Å². The molecule has 23 heavy (non-hydrogen) atoms. The summed E-state index contributed by atoms with van der Waals surface area (Å²) in [5, 5.41) is 8.97. The van der Waals surface area contributed by atoms with Crippen LogP contribution in [0.3, 0.4) is 0 Å². The Bertz CT molecular complexity index is 489. The predicted octanol–water partition coefficient (Wildman–Crippen LogP) is 1.75. The molecule has 1 aliphatic heterocycles. The van der Waals surface area contributed by atoms with Gasteiger partial charge in [-0.1, -0.05) is 0 Å². The van der Waals surface area contributed by atoms with Crippen LogP contribution < -0.4 is 5.73 Å². The van der Waals surface area contributed by atoms with Crippen LogP contribution in [0.2, 0.25) is 0 Å². The highest BCUT2D eigenvalue weighted by Gasteiger charge is 2.32. The highest BCUT2D eigenvalue weighted by atomic mass is 16.5. The van der Waals surface area contributed by atoms with Crippen molar-refractivity contribution >= 4 is 0 Å². The van der Waals surface area contributed by atoms with Crippen molar-refractivity contribution < 1.29 is 4.74 Å². The van der Waals surface area contributed by atoms with Crippen molar-refractivity contribution in [3.8, 4) is 0 Å². The first-order chi connectivity index (χ1) is 11.2. The second kappa shape index (κ2) is 7.73. The fourth-order valence-corrected chi connectivity index (χ4v) is 3.90. The zero-order chi connectivity index (χ0) is 16.2. The Kier molecular flexibility index (Phi) is 5.67. The Morgan fingerprint density at radius 1 is 1.22 bits per heavy atom. The molecular formula is C17H31N5O.